The van der Waals surface area contributed by atoms with Crippen molar-refractivity contribution < 1.29 is 0 Å². The van der Waals surface area contributed by atoms with Crippen LogP contribution in [0.15, 0.2) is 55.5 Å². The maximum absolute atomic E-state index is 4.67. The molecule has 1 saturated heterocycles. The summed E-state index contributed by atoms with van der Waals surface area (Å²) in [4.78, 5) is 18.2. The Labute approximate surface area is 163 Å². The van der Waals surface area contributed by atoms with Gasteiger partial charge in [-0.1, -0.05) is 0 Å². The predicted octanol–water partition coefficient (Wildman–Crippen LogP) is 1.85. The molecular weight excluding hydrogens is 352 g/mol. The van der Waals surface area contributed by atoms with Crippen molar-refractivity contribution in [3.63, 3.8) is 0 Å². The Morgan fingerprint density at radius 2 is 1.79 bits per heavy atom. The molecule has 28 heavy (non-hydrogen) atoms. The van der Waals surface area contributed by atoms with E-state index in [0.29, 0.717) is 0 Å². The van der Waals surface area contributed by atoms with Crippen LogP contribution in [-0.4, -0.2) is 60.2 Å². The number of nitrogens with zero attached hydrogens (tertiary/aromatic N) is 8. The fourth-order valence-electron chi connectivity index (χ4n) is 3.79. The van der Waals surface area contributed by atoms with E-state index in [1.165, 1.54) is 5.56 Å². The minimum atomic E-state index is 0.898. The van der Waals surface area contributed by atoms with Gasteiger partial charge in [-0.3, -0.25) is 19.0 Å². The molecule has 0 radical (unpaired) electrons. The zero-order chi connectivity index (χ0) is 18.9. The highest BCUT2D eigenvalue weighted by atomic mass is 15.3. The summed E-state index contributed by atoms with van der Waals surface area (Å²) in [6.07, 6.45) is 13.4. The van der Waals surface area contributed by atoms with Gasteiger partial charge in [0.2, 0.25) is 0 Å². The van der Waals surface area contributed by atoms with E-state index < -0.39 is 0 Å². The molecule has 8 heteroatoms. The van der Waals surface area contributed by atoms with E-state index >= 15 is 0 Å². The maximum Gasteiger partial charge on any atom is 0.180 e. The summed E-state index contributed by atoms with van der Waals surface area (Å²) >= 11 is 0. The molecule has 5 rings (SSSR count). The fourth-order valence-corrected chi connectivity index (χ4v) is 3.79. The van der Waals surface area contributed by atoms with E-state index in [-0.39, 0.29) is 0 Å². The quantitative estimate of drug-likeness (QED) is 0.543. The Kier molecular flexibility index (Phi) is 4.25. The summed E-state index contributed by atoms with van der Waals surface area (Å²) in [5.74, 6) is 0.948. The SMILES string of the molecule is Cn1cc(CN2CCN(c3nccn4c(-c5ccncc5)cnc34)CC2)cn1. The van der Waals surface area contributed by atoms with E-state index in [2.05, 4.69) is 40.4 Å². The molecule has 0 amide bonds. The molecule has 1 aliphatic heterocycles. The van der Waals surface area contributed by atoms with Crippen molar-refractivity contribution in [2.45, 2.75) is 6.54 Å². The molecule has 0 N–H and O–H groups in total. The second-order valence-electron chi connectivity index (χ2n) is 7.11. The van der Waals surface area contributed by atoms with Crippen molar-refractivity contribution >= 4 is 11.5 Å². The lowest BCUT2D eigenvalue weighted by Gasteiger charge is -2.35. The Bertz CT molecular complexity index is 1080. The van der Waals surface area contributed by atoms with Gasteiger partial charge < -0.3 is 4.90 Å². The second-order valence-corrected chi connectivity index (χ2v) is 7.11. The van der Waals surface area contributed by atoms with Crippen LogP contribution in [0.2, 0.25) is 0 Å². The molecule has 0 saturated carbocycles. The molecule has 0 bridgehead atoms. The third kappa shape index (κ3) is 3.11. The molecule has 5 heterocycles. The van der Waals surface area contributed by atoms with Gasteiger partial charge in [-0.2, -0.15) is 5.10 Å². The first-order valence-corrected chi connectivity index (χ1v) is 9.45. The molecule has 0 spiro atoms. The number of hydrogen-bond donors (Lipinski definition) is 0. The fraction of sp³-hybridized carbons (Fsp3) is 0.300. The number of rotatable bonds is 4. The highest BCUT2D eigenvalue weighted by Crippen LogP contribution is 2.25. The molecule has 4 aromatic heterocycles. The Hall–Kier alpha value is -3.26. The summed E-state index contributed by atoms with van der Waals surface area (Å²) < 4.78 is 3.97. The number of imidazole rings is 1. The third-order valence-corrected chi connectivity index (χ3v) is 5.22. The normalized spacial score (nSPS) is 15.4. The lowest BCUT2D eigenvalue weighted by molar-refractivity contribution is 0.249. The molecule has 0 atom stereocenters. The minimum Gasteiger partial charge on any atom is -0.351 e. The maximum atomic E-state index is 4.67. The van der Waals surface area contributed by atoms with Crippen molar-refractivity contribution in [1.29, 1.82) is 0 Å². The highest BCUT2D eigenvalue weighted by Gasteiger charge is 2.21. The van der Waals surface area contributed by atoms with Crippen LogP contribution in [-0.2, 0) is 13.6 Å². The Morgan fingerprint density at radius 3 is 2.54 bits per heavy atom. The van der Waals surface area contributed by atoms with Crippen molar-refractivity contribution in [3.05, 3.63) is 61.1 Å². The first kappa shape index (κ1) is 16.9. The highest BCUT2D eigenvalue weighted by molar-refractivity contribution is 5.71. The van der Waals surface area contributed by atoms with E-state index in [9.17, 15) is 0 Å². The molecule has 4 aromatic rings. The molecule has 0 aromatic carbocycles. The van der Waals surface area contributed by atoms with Crippen LogP contribution >= 0.6 is 0 Å². The van der Waals surface area contributed by atoms with E-state index in [1.807, 2.05) is 48.6 Å². The van der Waals surface area contributed by atoms with Gasteiger partial charge in [0.25, 0.3) is 0 Å². The van der Waals surface area contributed by atoms with Crippen molar-refractivity contribution in [2.24, 2.45) is 7.05 Å². The third-order valence-electron chi connectivity index (χ3n) is 5.22. The van der Waals surface area contributed by atoms with Gasteiger partial charge in [0, 0.05) is 81.9 Å². The molecule has 142 valence electrons. The zero-order valence-corrected chi connectivity index (χ0v) is 15.8. The largest absolute Gasteiger partial charge is 0.351 e. The van der Waals surface area contributed by atoms with Gasteiger partial charge in [-0.05, 0) is 12.1 Å². The number of aryl methyl sites for hydroxylation is 1. The smallest absolute Gasteiger partial charge is 0.180 e. The molecule has 1 fully saturated rings. The summed E-state index contributed by atoms with van der Waals surface area (Å²) in [6.45, 7) is 4.80. The lowest BCUT2D eigenvalue weighted by atomic mass is 10.2. The Morgan fingerprint density at radius 1 is 0.964 bits per heavy atom. The second kappa shape index (κ2) is 7.05. The molecule has 0 aliphatic carbocycles. The number of fused-ring (bicyclic) bond motifs is 1. The molecular formula is C20H22N8. The molecule has 1 aliphatic rings. The van der Waals surface area contributed by atoms with Crippen molar-refractivity contribution in [1.82, 2.24) is 34.0 Å². The van der Waals surface area contributed by atoms with Crippen LogP contribution in [0.25, 0.3) is 16.9 Å². The summed E-state index contributed by atoms with van der Waals surface area (Å²) in [6, 6.07) is 4.00. The topological polar surface area (TPSA) is 67.4 Å². The number of hydrogen-bond acceptors (Lipinski definition) is 6. The number of piperazine rings is 1. The minimum absolute atomic E-state index is 0.898. The van der Waals surface area contributed by atoms with Gasteiger partial charge in [0.05, 0.1) is 18.1 Å². The first-order valence-electron chi connectivity index (χ1n) is 9.45. The van der Waals surface area contributed by atoms with Crippen LogP contribution in [0.4, 0.5) is 5.82 Å². The summed E-state index contributed by atoms with van der Waals surface area (Å²) in [5.41, 5.74) is 4.30. The monoisotopic (exact) mass is 374 g/mol. The van der Waals surface area contributed by atoms with Gasteiger partial charge in [0.1, 0.15) is 0 Å². The number of anilines is 1. The van der Waals surface area contributed by atoms with Gasteiger partial charge in [0.15, 0.2) is 11.5 Å². The molecule has 0 unspecified atom stereocenters. The van der Waals surface area contributed by atoms with Gasteiger partial charge in [-0.25, -0.2) is 9.97 Å². The zero-order valence-electron chi connectivity index (χ0n) is 15.8. The van der Waals surface area contributed by atoms with E-state index in [4.69, 9.17) is 0 Å². The first-order chi connectivity index (χ1) is 13.8. The average molecular weight is 374 g/mol. The average Bonchev–Trinajstić information content (AvgIpc) is 3.35. The van der Waals surface area contributed by atoms with Crippen LogP contribution in [0.1, 0.15) is 5.56 Å². The van der Waals surface area contributed by atoms with Crippen LogP contribution in [0, 0.1) is 0 Å². The van der Waals surface area contributed by atoms with Gasteiger partial charge >= 0.3 is 0 Å². The van der Waals surface area contributed by atoms with E-state index in [1.54, 1.807) is 12.4 Å². The van der Waals surface area contributed by atoms with Crippen LogP contribution in [0.5, 0.6) is 0 Å². The van der Waals surface area contributed by atoms with Crippen LogP contribution in [0.3, 0.4) is 0 Å². The van der Waals surface area contributed by atoms with Crippen molar-refractivity contribution in [2.75, 3.05) is 31.1 Å². The molecule has 8 nitrogen and oxygen atoms in total. The summed E-state index contributed by atoms with van der Waals surface area (Å²) in [7, 11) is 1.96. The van der Waals surface area contributed by atoms with Crippen LogP contribution < -0.4 is 4.90 Å². The number of aromatic nitrogens is 6. The standard InChI is InChI=1S/C20H22N8/c1-25-14-16(12-24-25)15-26-8-10-27(11-9-26)19-20-23-13-18(28(20)7-6-22-19)17-2-4-21-5-3-17/h2-7,12-14H,8-11,15H2,1H3. The van der Waals surface area contributed by atoms with Gasteiger partial charge in [-0.15, -0.1) is 0 Å². The predicted molar refractivity (Wildman–Crippen MR) is 107 cm³/mol. The number of pyridine rings is 1. The van der Waals surface area contributed by atoms with E-state index in [0.717, 1.165) is 55.4 Å². The Balaban J connectivity index is 1.35. The summed E-state index contributed by atoms with van der Waals surface area (Å²) in [5, 5.41) is 4.26. The van der Waals surface area contributed by atoms with Crippen molar-refractivity contribution in [3.8, 4) is 11.3 Å². The lowest BCUT2D eigenvalue weighted by Crippen LogP contribution is -2.46.